The average molecular weight is 410 g/mol. The van der Waals surface area contributed by atoms with E-state index in [0.717, 1.165) is 0 Å². The van der Waals surface area contributed by atoms with E-state index in [-0.39, 0.29) is 0 Å². The molecule has 0 saturated heterocycles. The van der Waals surface area contributed by atoms with Crippen molar-refractivity contribution in [2.24, 2.45) is 0 Å². The van der Waals surface area contributed by atoms with Crippen LogP contribution in [0.25, 0.3) is 0 Å². The Kier molecular flexibility index (Phi) is 9.55. The predicted octanol–water partition coefficient (Wildman–Crippen LogP) is 2.44. The third kappa shape index (κ3) is 6.74. The molecule has 0 saturated carbocycles. The molecule has 6 heteroatoms. The van der Waals surface area contributed by atoms with Crippen LogP contribution in [0.15, 0.2) is 44.4 Å². The summed E-state index contributed by atoms with van der Waals surface area (Å²) in [5.74, 6) is 0. The Labute approximate surface area is 117 Å². The molecule has 2 aliphatic carbocycles. The molecule has 0 radical (unpaired) electrons. The van der Waals surface area contributed by atoms with Crippen LogP contribution in [0.3, 0.4) is 0 Å². The number of allylic oxidation sites excluding steroid dienone is 8. The van der Waals surface area contributed by atoms with Crippen LogP contribution in [0, 0.1) is 12.8 Å². The van der Waals surface area contributed by atoms with Gasteiger partial charge in [0.05, 0.1) is 0 Å². The molecule has 0 fully saturated rings. The van der Waals surface area contributed by atoms with Crippen LogP contribution < -0.4 is 0 Å². The van der Waals surface area contributed by atoms with Gasteiger partial charge in [0.25, 0.3) is 0 Å². The molecule has 0 spiro atoms. The quantitative estimate of drug-likeness (QED) is 0.399. The molecule has 0 N–H and O–H groups in total. The summed E-state index contributed by atoms with van der Waals surface area (Å²) in [5.41, 5.74) is 0. The number of rotatable bonds is 2. The molecule has 0 aromatic heterocycles. The summed E-state index contributed by atoms with van der Waals surface area (Å²) < 4.78 is 42.2. The summed E-state index contributed by atoms with van der Waals surface area (Å²) in [6, 6.07) is 0. The van der Waals surface area contributed by atoms with Gasteiger partial charge in [-0.05, 0) is 0 Å². The molecular formula is C12H10Mo2O4. The van der Waals surface area contributed by atoms with Crippen LogP contribution in [0.1, 0.15) is 12.8 Å². The van der Waals surface area contributed by atoms with Crippen LogP contribution in [0.2, 0.25) is 0 Å². The van der Waals surface area contributed by atoms with E-state index in [4.69, 9.17) is 12.8 Å². The zero-order valence-corrected chi connectivity index (χ0v) is 13.3. The van der Waals surface area contributed by atoms with Crippen molar-refractivity contribution in [2.75, 3.05) is 0 Å². The molecule has 0 aliphatic heterocycles. The van der Waals surface area contributed by atoms with Crippen molar-refractivity contribution in [3.8, 4) is 0 Å². The van der Waals surface area contributed by atoms with Gasteiger partial charge in [-0.25, -0.2) is 0 Å². The molecule has 0 unspecified atom stereocenters. The van der Waals surface area contributed by atoms with Gasteiger partial charge in [0.1, 0.15) is 0 Å². The molecule has 0 amide bonds. The van der Waals surface area contributed by atoms with Crippen LogP contribution in [0.5, 0.6) is 0 Å². The average Bonchev–Trinajstić information content (AvgIpc) is 3.06. The molecular weight excluding hydrogens is 400 g/mol. The van der Waals surface area contributed by atoms with Gasteiger partial charge in [-0.2, -0.15) is 0 Å². The third-order valence-corrected chi connectivity index (χ3v) is 5.50. The van der Waals surface area contributed by atoms with Crippen LogP contribution >= 0.6 is 0 Å². The zero-order chi connectivity index (χ0) is 14.0. The molecule has 0 heterocycles. The molecule has 18 heavy (non-hydrogen) atoms. The molecule has 0 aromatic carbocycles. The Morgan fingerprint density at radius 2 is 1.11 bits per heavy atom. The fourth-order valence-electron chi connectivity index (χ4n) is 1.10. The van der Waals surface area contributed by atoms with Crippen LogP contribution in [0.4, 0.5) is 0 Å². The van der Waals surface area contributed by atoms with E-state index in [1.54, 1.807) is 24.3 Å². The minimum absolute atomic E-state index is 0.619. The predicted molar refractivity (Wildman–Crippen MR) is 52.9 cm³/mol. The van der Waals surface area contributed by atoms with Crippen molar-refractivity contribution >= 4 is 0 Å². The molecule has 0 atom stereocenters. The summed E-state index contributed by atoms with van der Waals surface area (Å²) in [7, 11) is 0. The molecule has 0 aromatic rings. The van der Waals surface area contributed by atoms with Gasteiger partial charge in [-0.1, -0.05) is 0 Å². The standard InChI is InChI=1S/2C5H5.C2.2Mo.4O/c2*1-2-4-5-3-1;1-2;;;;;;/h2*1-3H,4H2;;;;;;;/q;;-2;2*+1;;;;. The van der Waals surface area contributed by atoms with Gasteiger partial charge in [-0.3, -0.25) is 0 Å². The first kappa shape index (κ1) is 17.1. The third-order valence-electron chi connectivity index (χ3n) is 1.90. The van der Waals surface area contributed by atoms with E-state index in [9.17, 15) is 13.6 Å². The maximum atomic E-state index is 10.2. The molecule has 4 nitrogen and oxygen atoms in total. The van der Waals surface area contributed by atoms with Gasteiger partial charge in [0.15, 0.2) is 0 Å². The summed E-state index contributed by atoms with van der Waals surface area (Å²) in [5, 5.41) is 0. The Bertz CT molecular complexity index is 492. The van der Waals surface area contributed by atoms with Crippen molar-refractivity contribution < 1.29 is 48.1 Å². The van der Waals surface area contributed by atoms with Crippen molar-refractivity contribution in [1.82, 2.24) is 0 Å². The zero-order valence-electron chi connectivity index (χ0n) is 9.33. The van der Waals surface area contributed by atoms with Crippen molar-refractivity contribution in [3.05, 3.63) is 57.2 Å². The van der Waals surface area contributed by atoms with Gasteiger partial charge in [0, 0.05) is 0 Å². The monoisotopic (exact) mass is 414 g/mol. The molecule has 2 aliphatic rings. The summed E-state index contributed by atoms with van der Waals surface area (Å²) in [6.07, 6.45) is 21.8. The first-order valence-corrected chi connectivity index (χ1v) is 10.0. The van der Waals surface area contributed by atoms with Gasteiger partial charge in [-0.15, -0.1) is 0 Å². The van der Waals surface area contributed by atoms with Crippen molar-refractivity contribution in [3.63, 3.8) is 0 Å². The topological polar surface area (TPSA) is 68.3 Å². The number of hydrogen-bond acceptors (Lipinski definition) is 4. The Hall–Kier alpha value is -0.903. The Balaban J connectivity index is 0.000000283. The van der Waals surface area contributed by atoms with Crippen molar-refractivity contribution in [2.45, 2.75) is 12.8 Å². The Morgan fingerprint density at radius 3 is 1.22 bits per heavy atom. The summed E-state index contributed by atoms with van der Waals surface area (Å²) in [4.78, 5) is 0. The van der Waals surface area contributed by atoms with Crippen LogP contribution in [-0.2, 0) is 48.1 Å². The van der Waals surface area contributed by atoms with E-state index in [0.29, 0.717) is 20.8 Å². The Morgan fingerprint density at radius 1 is 0.778 bits per heavy atom. The minimum atomic E-state index is -3.19. The second kappa shape index (κ2) is 10.1. The molecule has 94 valence electrons. The van der Waals surface area contributed by atoms with Gasteiger partial charge in [0.2, 0.25) is 0 Å². The first-order valence-electron chi connectivity index (χ1n) is 4.76. The van der Waals surface area contributed by atoms with E-state index in [1.165, 1.54) is 0 Å². The first-order chi connectivity index (χ1) is 8.61. The van der Waals surface area contributed by atoms with E-state index < -0.39 is 34.5 Å². The summed E-state index contributed by atoms with van der Waals surface area (Å²) >= 11 is -6.37. The van der Waals surface area contributed by atoms with E-state index in [2.05, 4.69) is 0 Å². The maximum absolute atomic E-state index is 10.2. The fraction of sp³-hybridized carbons (Fsp3) is 0.167. The molecule has 2 rings (SSSR count). The van der Waals surface area contributed by atoms with E-state index >= 15 is 0 Å². The second-order valence-corrected chi connectivity index (χ2v) is 7.89. The van der Waals surface area contributed by atoms with Gasteiger partial charge < -0.3 is 12.8 Å². The SMILES string of the molecule is [C-]#[C-].[O]=[Mo+](=[O])[C]1=CC=CC1.[O]=[Mo+](=[O])[C]1=CC=CC1. The molecule has 0 bridgehead atoms. The summed E-state index contributed by atoms with van der Waals surface area (Å²) in [6.45, 7) is 0. The number of hydrogen-bond donors (Lipinski definition) is 0. The normalized spacial score (nSPS) is 14.6. The second-order valence-electron chi connectivity index (χ2n) is 3.00. The van der Waals surface area contributed by atoms with Crippen LogP contribution in [-0.4, -0.2) is 0 Å². The van der Waals surface area contributed by atoms with Crippen molar-refractivity contribution in [1.29, 1.82) is 0 Å². The van der Waals surface area contributed by atoms with E-state index in [1.807, 2.05) is 12.2 Å². The van der Waals surface area contributed by atoms with Gasteiger partial charge >= 0.3 is 105 Å². The fourth-order valence-corrected chi connectivity index (χ4v) is 3.18.